The molecule has 0 aliphatic carbocycles. The van der Waals surface area contributed by atoms with Gasteiger partial charge in [-0.25, -0.2) is 0 Å². The molecule has 0 heterocycles. The Morgan fingerprint density at radius 2 is 0.705 bits per heavy atom. The molecule has 0 aromatic carbocycles. The normalized spacial score (nSPS) is 10.2. The summed E-state index contributed by atoms with van der Waals surface area (Å²) in [5.74, 6) is 9.80. The summed E-state index contributed by atoms with van der Waals surface area (Å²) in [6, 6.07) is 0. The van der Waals surface area contributed by atoms with E-state index in [1.54, 1.807) is 21.6 Å². The highest BCUT2D eigenvalue weighted by Gasteiger charge is 2.14. The molecule has 0 unspecified atom stereocenters. The van der Waals surface area contributed by atoms with Gasteiger partial charge in [0, 0.05) is 76.5 Å². The molecular formula is C32H44N2O8S2. The van der Waals surface area contributed by atoms with E-state index in [0.29, 0.717) is 65.0 Å². The number of rotatable bonds is 27. The zero-order valence-electron chi connectivity index (χ0n) is 25.4. The van der Waals surface area contributed by atoms with Gasteiger partial charge in [0.15, 0.2) is 0 Å². The van der Waals surface area contributed by atoms with Gasteiger partial charge in [-0.05, 0) is 0 Å². The van der Waals surface area contributed by atoms with Crippen LogP contribution in [0, 0.1) is 49.4 Å². The van der Waals surface area contributed by atoms with Crippen LogP contribution in [0.5, 0.6) is 0 Å². The van der Waals surface area contributed by atoms with Crippen molar-refractivity contribution in [3.05, 3.63) is 0 Å². The second kappa shape index (κ2) is 29.8. The topological polar surface area (TPSA) is 112 Å². The molecule has 0 radical (unpaired) electrons. The Morgan fingerprint density at radius 1 is 0.455 bits per heavy atom. The van der Waals surface area contributed by atoms with Crippen LogP contribution < -0.4 is 0 Å². The first-order valence-corrected chi connectivity index (χ1v) is 16.9. The fourth-order valence-corrected chi connectivity index (χ4v) is 5.36. The van der Waals surface area contributed by atoms with Crippen molar-refractivity contribution < 1.29 is 38.1 Å². The molecule has 0 amide bonds. The van der Waals surface area contributed by atoms with E-state index in [1.165, 1.54) is 0 Å². The Kier molecular flexibility index (Phi) is 27.6. The standard InChI is InChI=1S/C32H44N2O8S2/c1-5-9-23-39-29(35)13-17-33(18-14-30(36)40-24-10-6-2)21-27-43-44-28-22-34(19-15-31(37)41-25-11-7-3)20-16-32(38)42-26-12-8-4/h1-4H,9-28H2. The minimum Gasteiger partial charge on any atom is -0.465 e. The third-order valence-electron chi connectivity index (χ3n) is 5.63. The molecule has 0 rings (SSSR count). The van der Waals surface area contributed by atoms with Crippen LogP contribution in [-0.2, 0) is 38.1 Å². The number of carbonyl (C=O) groups is 4. The molecule has 242 valence electrons. The SMILES string of the molecule is C#CCCOC(=O)CCN(CCSSCCN(CCC(=O)OCCC#C)CCC(=O)OCCC#C)CCC(=O)OCCC#C. The molecule has 0 aliphatic rings. The van der Waals surface area contributed by atoms with E-state index in [4.69, 9.17) is 44.6 Å². The summed E-state index contributed by atoms with van der Waals surface area (Å²) in [7, 11) is 3.31. The first-order chi connectivity index (χ1) is 21.4. The van der Waals surface area contributed by atoms with Crippen LogP contribution >= 0.6 is 21.6 Å². The molecule has 0 spiro atoms. The Labute approximate surface area is 270 Å². The number of nitrogens with zero attached hydrogens (tertiary/aromatic N) is 2. The van der Waals surface area contributed by atoms with Gasteiger partial charge in [-0.2, -0.15) is 0 Å². The smallest absolute Gasteiger partial charge is 0.307 e. The maximum Gasteiger partial charge on any atom is 0.307 e. The minimum atomic E-state index is -0.344. The fraction of sp³-hybridized carbons (Fsp3) is 0.625. The maximum atomic E-state index is 12.0. The summed E-state index contributed by atoms with van der Waals surface area (Å²) in [6.45, 7) is 3.73. The van der Waals surface area contributed by atoms with E-state index in [-0.39, 0.29) is 76.0 Å². The average molecular weight is 649 g/mol. The van der Waals surface area contributed by atoms with E-state index in [2.05, 4.69) is 23.7 Å². The largest absolute Gasteiger partial charge is 0.465 e. The molecule has 0 fully saturated rings. The van der Waals surface area contributed by atoms with Crippen LogP contribution in [-0.4, -0.2) is 111 Å². The van der Waals surface area contributed by atoms with Crippen molar-refractivity contribution in [1.82, 2.24) is 9.80 Å². The number of terminal acetylenes is 4. The van der Waals surface area contributed by atoms with Crippen molar-refractivity contribution in [1.29, 1.82) is 0 Å². The Balaban J connectivity index is 4.71. The molecule has 0 aromatic rings. The molecule has 44 heavy (non-hydrogen) atoms. The van der Waals surface area contributed by atoms with Crippen LogP contribution in [0.1, 0.15) is 51.4 Å². The number of esters is 4. The van der Waals surface area contributed by atoms with Gasteiger partial charge in [0.25, 0.3) is 0 Å². The highest BCUT2D eigenvalue weighted by Crippen LogP contribution is 2.21. The van der Waals surface area contributed by atoms with Crippen molar-refractivity contribution in [3.8, 4) is 49.4 Å². The summed E-state index contributed by atoms with van der Waals surface area (Å²) < 4.78 is 20.5. The molecule has 0 bridgehead atoms. The molecule has 0 aromatic heterocycles. The van der Waals surface area contributed by atoms with E-state index >= 15 is 0 Å². The lowest BCUT2D eigenvalue weighted by Gasteiger charge is -2.22. The molecule has 0 N–H and O–H groups in total. The molecule has 10 nitrogen and oxygen atoms in total. The van der Waals surface area contributed by atoms with Gasteiger partial charge in [-0.3, -0.25) is 19.2 Å². The summed E-state index contributed by atoms with van der Waals surface area (Å²) in [5, 5.41) is 0. The Bertz CT molecular complexity index is 858. The molecule has 0 saturated carbocycles. The zero-order valence-corrected chi connectivity index (χ0v) is 27.1. The van der Waals surface area contributed by atoms with E-state index in [0.717, 1.165) is 11.5 Å². The van der Waals surface area contributed by atoms with Crippen molar-refractivity contribution in [2.45, 2.75) is 51.4 Å². The van der Waals surface area contributed by atoms with E-state index in [9.17, 15) is 19.2 Å². The van der Waals surface area contributed by atoms with Gasteiger partial charge in [0.1, 0.15) is 26.4 Å². The number of hydrogen-bond donors (Lipinski definition) is 0. The summed E-state index contributed by atoms with van der Waals surface area (Å²) in [6.07, 6.45) is 22.9. The zero-order chi connectivity index (χ0) is 32.7. The highest BCUT2D eigenvalue weighted by molar-refractivity contribution is 8.76. The first kappa shape index (κ1) is 40.7. The maximum absolute atomic E-state index is 12.0. The molecule has 0 saturated heterocycles. The fourth-order valence-electron chi connectivity index (χ4n) is 3.30. The predicted octanol–water partition coefficient (Wildman–Crippen LogP) is 2.80. The van der Waals surface area contributed by atoms with Gasteiger partial charge in [-0.15, -0.1) is 49.4 Å². The molecule has 12 heteroatoms. The average Bonchev–Trinajstić information content (AvgIpc) is 3.01. The second-order valence-electron chi connectivity index (χ2n) is 9.03. The number of ether oxygens (including phenoxy) is 4. The van der Waals surface area contributed by atoms with Crippen LogP contribution in [0.3, 0.4) is 0 Å². The van der Waals surface area contributed by atoms with Crippen molar-refractivity contribution in [2.24, 2.45) is 0 Å². The summed E-state index contributed by atoms with van der Waals surface area (Å²) >= 11 is 0. The van der Waals surface area contributed by atoms with Crippen LogP contribution in [0.2, 0.25) is 0 Å². The van der Waals surface area contributed by atoms with Crippen LogP contribution in [0.4, 0.5) is 0 Å². The third-order valence-corrected chi connectivity index (χ3v) is 8.00. The molecule has 0 atom stereocenters. The third kappa shape index (κ3) is 26.4. The van der Waals surface area contributed by atoms with Gasteiger partial charge in [0.2, 0.25) is 0 Å². The summed E-state index contributed by atoms with van der Waals surface area (Å²) in [5.41, 5.74) is 0. The monoisotopic (exact) mass is 648 g/mol. The van der Waals surface area contributed by atoms with Crippen LogP contribution in [0.15, 0.2) is 0 Å². The number of hydrogen-bond acceptors (Lipinski definition) is 12. The second-order valence-corrected chi connectivity index (χ2v) is 11.7. The van der Waals surface area contributed by atoms with Gasteiger partial charge in [0.05, 0.1) is 25.7 Å². The van der Waals surface area contributed by atoms with Crippen LogP contribution in [0.25, 0.3) is 0 Å². The van der Waals surface area contributed by atoms with Gasteiger partial charge < -0.3 is 28.7 Å². The first-order valence-electron chi connectivity index (χ1n) is 14.4. The van der Waals surface area contributed by atoms with Crippen molar-refractivity contribution in [2.75, 3.05) is 77.2 Å². The number of carbonyl (C=O) groups excluding carboxylic acids is 4. The lowest BCUT2D eigenvalue weighted by molar-refractivity contribution is -0.145. The lowest BCUT2D eigenvalue weighted by Crippen LogP contribution is -2.32. The van der Waals surface area contributed by atoms with E-state index in [1.807, 2.05) is 9.80 Å². The lowest BCUT2D eigenvalue weighted by atomic mass is 10.3. The predicted molar refractivity (Wildman–Crippen MR) is 174 cm³/mol. The minimum absolute atomic E-state index is 0.180. The molecule has 0 aliphatic heterocycles. The summed E-state index contributed by atoms with van der Waals surface area (Å²) in [4.78, 5) is 52.1. The molecular weight excluding hydrogens is 604 g/mol. The Morgan fingerprint density at radius 3 is 0.932 bits per heavy atom. The van der Waals surface area contributed by atoms with E-state index < -0.39 is 0 Å². The highest BCUT2D eigenvalue weighted by atomic mass is 33.1. The van der Waals surface area contributed by atoms with Crippen molar-refractivity contribution >= 4 is 45.5 Å². The van der Waals surface area contributed by atoms with Gasteiger partial charge in [-0.1, -0.05) is 21.6 Å². The quantitative estimate of drug-likeness (QED) is 0.0429. The Hall–Kier alpha value is -3.26. The van der Waals surface area contributed by atoms with Crippen molar-refractivity contribution in [3.63, 3.8) is 0 Å². The van der Waals surface area contributed by atoms with Gasteiger partial charge >= 0.3 is 23.9 Å².